The van der Waals surface area contributed by atoms with Gasteiger partial charge in [-0.25, -0.2) is 4.79 Å². The number of carbonyl (C=O) groups excluding carboxylic acids is 1. The monoisotopic (exact) mass is 256 g/mol. The van der Waals surface area contributed by atoms with E-state index in [1.807, 2.05) is 0 Å². The molecule has 104 valence electrons. The minimum absolute atomic E-state index is 0.0953. The third-order valence-electron chi connectivity index (χ3n) is 3.92. The van der Waals surface area contributed by atoms with Crippen molar-refractivity contribution in [3.8, 4) is 0 Å². The third-order valence-corrected chi connectivity index (χ3v) is 3.92. The lowest BCUT2D eigenvalue weighted by molar-refractivity contribution is -0.137. The zero-order valence-corrected chi connectivity index (χ0v) is 11.2. The van der Waals surface area contributed by atoms with Gasteiger partial charge in [0, 0.05) is 19.0 Å². The molecule has 1 rings (SSSR count). The molecule has 0 aliphatic heterocycles. The number of carboxylic acids is 1. The predicted molar refractivity (Wildman–Crippen MR) is 69.4 cm³/mol. The van der Waals surface area contributed by atoms with Gasteiger partial charge in [-0.15, -0.1) is 0 Å². The van der Waals surface area contributed by atoms with Crippen molar-refractivity contribution in [1.82, 2.24) is 10.6 Å². The highest BCUT2D eigenvalue weighted by molar-refractivity contribution is 5.74. The van der Waals surface area contributed by atoms with E-state index in [1.165, 1.54) is 12.8 Å². The number of nitrogens with one attached hydrogen (secondary N) is 2. The summed E-state index contributed by atoms with van der Waals surface area (Å²) in [7, 11) is 0. The molecule has 0 saturated heterocycles. The van der Waals surface area contributed by atoms with Crippen molar-refractivity contribution >= 4 is 12.0 Å². The minimum Gasteiger partial charge on any atom is -0.481 e. The van der Waals surface area contributed by atoms with Crippen LogP contribution in [0.4, 0.5) is 4.79 Å². The molecule has 0 heterocycles. The Morgan fingerprint density at radius 2 is 2.06 bits per heavy atom. The number of urea groups is 1. The second-order valence-electron chi connectivity index (χ2n) is 5.11. The van der Waals surface area contributed by atoms with E-state index in [1.54, 1.807) is 0 Å². The van der Waals surface area contributed by atoms with Crippen LogP contribution >= 0.6 is 0 Å². The molecule has 3 atom stereocenters. The van der Waals surface area contributed by atoms with Gasteiger partial charge in [-0.3, -0.25) is 4.79 Å². The number of carboxylic acid groups (broad SMARTS) is 1. The topological polar surface area (TPSA) is 78.4 Å². The first-order chi connectivity index (χ1) is 8.54. The summed E-state index contributed by atoms with van der Waals surface area (Å²) in [5, 5.41) is 14.2. The maximum absolute atomic E-state index is 11.6. The van der Waals surface area contributed by atoms with Gasteiger partial charge in [0.05, 0.1) is 0 Å². The van der Waals surface area contributed by atoms with Gasteiger partial charge in [0.2, 0.25) is 0 Å². The number of hydrogen-bond donors (Lipinski definition) is 3. The van der Waals surface area contributed by atoms with Crippen LogP contribution in [0.25, 0.3) is 0 Å². The van der Waals surface area contributed by atoms with Crippen molar-refractivity contribution in [3.63, 3.8) is 0 Å². The Bertz CT molecular complexity index is 294. The highest BCUT2D eigenvalue weighted by Crippen LogP contribution is 2.33. The summed E-state index contributed by atoms with van der Waals surface area (Å²) in [6, 6.07) is 0.0865. The predicted octanol–water partition coefficient (Wildman–Crippen LogP) is 1.98. The summed E-state index contributed by atoms with van der Waals surface area (Å²) < 4.78 is 0. The molecule has 1 saturated carbocycles. The standard InChI is InChI=1S/C13H24N2O3/c1-3-10-6-7-11(9(10)2)15-13(18)14-8-4-5-12(16)17/h9-11H,3-8H2,1-2H3,(H,16,17)(H2,14,15,18). The van der Waals surface area contributed by atoms with E-state index in [9.17, 15) is 9.59 Å². The normalized spacial score (nSPS) is 26.9. The van der Waals surface area contributed by atoms with Crippen molar-refractivity contribution in [2.75, 3.05) is 6.54 Å². The lowest BCUT2D eigenvalue weighted by Crippen LogP contribution is -2.44. The molecule has 5 nitrogen and oxygen atoms in total. The molecule has 5 heteroatoms. The van der Waals surface area contributed by atoms with Gasteiger partial charge in [-0.2, -0.15) is 0 Å². The first kappa shape index (κ1) is 14.8. The van der Waals surface area contributed by atoms with Gasteiger partial charge >= 0.3 is 12.0 Å². The maximum atomic E-state index is 11.6. The quantitative estimate of drug-likeness (QED) is 0.636. The number of aliphatic carboxylic acids is 1. The van der Waals surface area contributed by atoms with Crippen LogP contribution in [0.3, 0.4) is 0 Å². The van der Waals surface area contributed by atoms with E-state index in [4.69, 9.17) is 5.11 Å². The van der Waals surface area contributed by atoms with Crippen LogP contribution in [0.2, 0.25) is 0 Å². The van der Waals surface area contributed by atoms with E-state index < -0.39 is 5.97 Å². The molecule has 2 amide bonds. The van der Waals surface area contributed by atoms with Crippen molar-refractivity contribution in [1.29, 1.82) is 0 Å². The summed E-state index contributed by atoms with van der Waals surface area (Å²) >= 11 is 0. The lowest BCUT2D eigenvalue weighted by atomic mass is 9.94. The number of carbonyl (C=O) groups is 2. The van der Waals surface area contributed by atoms with Gasteiger partial charge in [-0.05, 0) is 31.1 Å². The zero-order valence-electron chi connectivity index (χ0n) is 11.2. The summed E-state index contributed by atoms with van der Waals surface area (Å²) in [6.45, 7) is 4.79. The second kappa shape index (κ2) is 7.24. The van der Waals surface area contributed by atoms with Gasteiger partial charge in [-0.1, -0.05) is 20.3 Å². The molecule has 1 aliphatic rings. The molecule has 0 aromatic rings. The van der Waals surface area contributed by atoms with Crippen molar-refractivity contribution in [3.05, 3.63) is 0 Å². The molecule has 0 aromatic carbocycles. The summed E-state index contributed by atoms with van der Waals surface area (Å²) in [5.74, 6) is 0.412. The van der Waals surface area contributed by atoms with Gasteiger partial charge in [0.15, 0.2) is 0 Å². The smallest absolute Gasteiger partial charge is 0.315 e. The second-order valence-corrected chi connectivity index (χ2v) is 5.11. The van der Waals surface area contributed by atoms with E-state index in [0.717, 1.165) is 6.42 Å². The van der Waals surface area contributed by atoms with Crippen molar-refractivity contribution in [2.24, 2.45) is 11.8 Å². The largest absolute Gasteiger partial charge is 0.481 e. The molecule has 0 radical (unpaired) electrons. The van der Waals surface area contributed by atoms with E-state index in [2.05, 4.69) is 24.5 Å². The molecule has 0 bridgehead atoms. The molecule has 0 spiro atoms. The van der Waals surface area contributed by atoms with Crippen LogP contribution in [0.15, 0.2) is 0 Å². The van der Waals surface area contributed by atoms with Gasteiger partial charge < -0.3 is 15.7 Å². The van der Waals surface area contributed by atoms with Crippen LogP contribution in [0.5, 0.6) is 0 Å². The van der Waals surface area contributed by atoms with Crippen LogP contribution < -0.4 is 10.6 Å². The van der Waals surface area contributed by atoms with Gasteiger partial charge in [0.1, 0.15) is 0 Å². The Morgan fingerprint density at radius 3 is 2.61 bits per heavy atom. The number of amides is 2. The van der Waals surface area contributed by atoms with Crippen LogP contribution in [-0.4, -0.2) is 29.7 Å². The Kier molecular flexibility index (Phi) is 5.95. The number of rotatable bonds is 6. The Morgan fingerprint density at radius 1 is 1.33 bits per heavy atom. The van der Waals surface area contributed by atoms with Gasteiger partial charge in [0.25, 0.3) is 0 Å². The molecule has 1 aliphatic carbocycles. The first-order valence-corrected chi connectivity index (χ1v) is 6.80. The van der Waals surface area contributed by atoms with Crippen molar-refractivity contribution in [2.45, 2.75) is 52.0 Å². The van der Waals surface area contributed by atoms with E-state index in [-0.39, 0.29) is 18.5 Å². The molecule has 3 N–H and O–H groups in total. The highest BCUT2D eigenvalue weighted by Gasteiger charge is 2.32. The average molecular weight is 256 g/mol. The number of hydrogen-bond acceptors (Lipinski definition) is 2. The summed E-state index contributed by atoms with van der Waals surface area (Å²) in [6.07, 6.45) is 3.96. The fourth-order valence-electron chi connectivity index (χ4n) is 2.69. The van der Waals surface area contributed by atoms with Crippen LogP contribution in [0, 0.1) is 11.8 Å². The summed E-state index contributed by atoms with van der Waals surface area (Å²) in [4.78, 5) is 21.9. The molecule has 3 unspecified atom stereocenters. The fraction of sp³-hybridized carbons (Fsp3) is 0.846. The Hall–Kier alpha value is -1.26. The molecular formula is C13H24N2O3. The first-order valence-electron chi connectivity index (χ1n) is 6.80. The molecule has 18 heavy (non-hydrogen) atoms. The third kappa shape index (κ3) is 4.55. The zero-order chi connectivity index (χ0) is 13.5. The van der Waals surface area contributed by atoms with Crippen LogP contribution in [-0.2, 0) is 4.79 Å². The van der Waals surface area contributed by atoms with E-state index in [0.29, 0.717) is 24.8 Å². The van der Waals surface area contributed by atoms with Crippen molar-refractivity contribution < 1.29 is 14.7 Å². The minimum atomic E-state index is -0.826. The van der Waals surface area contributed by atoms with Crippen LogP contribution in [0.1, 0.15) is 46.0 Å². The maximum Gasteiger partial charge on any atom is 0.315 e. The SMILES string of the molecule is CCC1CCC(NC(=O)NCCCC(=O)O)C1C. The Balaban J connectivity index is 2.18. The molecular weight excluding hydrogens is 232 g/mol. The molecule has 1 fully saturated rings. The molecule has 0 aromatic heterocycles. The highest BCUT2D eigenvalue weighted by atomic mass is 16.4. The lowest BCUT2D eigenvalue weighted by Gasteiger charge is -2.21. The summed E-state index contributed by atoms with van der Waals surface area (Å²) in [5.41, 5.74) is 0. The van der Waals surface area contributed by atoms with E-state index >= 15 is 0 Å². The average Bonchev–Trinajstić information content (AvgIpc) is 2.66. The Labute approximate surface area is 108 Å². The fourth-order valence-corrected chi connectivity index (χ4v) is 2.69.